The summed E-state index contributed by atoms with van der Waals surface area (Å²) in [4.78, 5) is 24.6. The molecule has 1 aromatic heterocycles. The molecule has 0 saturated heterocycles. The number of esters is 1. The number of hydrogen-bond donors (Lipinski definition) is 0. The average molecular weight is 436 g/mol. The lowest BCUT2D eigenvalue weighted by Gasteiger charge is -2.15. The topological polar surface area (TPSA) is 75.0 Å². The monoisotopic (exact) mass is 436 g/mol. The Kier molecular flexibility index (Phi) is 6.53. The number of para-hydroxylation sites is 1. The molecule has 0 spiro atoms. The molecule has 1 heterocycles. The zero-order chi connectivity index (χ0) is 22.6. The van der Waals surface area contributed by atoms with Crippen molar-refractivity contribution in [3.63, 3.8) is 0 Å². The Hall–Kier alpha value is -3.49. The van der Waals surface area contributed by atoms with E-state index >= 15 is 0 Å². The van der Waals surface area contributed by atoms with Gasteiger partial charge in [0, 0.05) is 11.6 Å². The maximum Gasteiger partial charge on any atom is 0.450 e. The third-order valence-electron chi connectivity index (χ3n) is 4.32. The van der Waals surface area contributed by atoms with Crippen molar-refractivity contribution in [3.8, 4) is 22.6 Å². The van der Waals surface area contributed by atoms with Crippen molar-refractivity contribution >= 4 is 16.9 Å². The van der Waals surface area contributed by atoms with Crippen LogP contribution in [0.5, 0.6) is 11.5 Å². The standard InChI is InChI=1S/C22H19F3O6/c1-3-10-29-18(26)12-30-13-8-9-15-17(11-13)31-21(22(23,24)25)19(20(15)27)14-6-4-5-7-16(14)28-2/h4-9,11H,3,10,12H2,1-2H3. The number of benzene rings is 2. The Balaban J connectivity index is 2.10. The second kappa shape index (κ2) is 9.11. The Labute approximate surface area is 175 Å². The molecule has 0 bridgehead atoms. The molecule has 164 valence electrons. The lowest BCUT2D eigenvalue weighted by molar-refractivity contribution is -0.152. The van der Waals surface area contributed by atoms with E-state index in [1.165, 1.54) is 37.4 Å². The summed E-state index contributed by atoms with van der Waals surface area (Å²) < 4.78 is 61.7. The molecule has 0 aliphatic rings. The highest BCUT2D eigenvalue weighted by Crippen LogP contribution is 2.40. The van der Waals surface area contributed by atoms with Crippen LogP contribution in [0.2, 0.25) is 0 Å². The molecule has 0 amide bonds. The van der Waals surface area contributed by atoms with Gasteiger partial charge in [-0.05, 0) is 24.6 Å². The van der Waals surface area contributed by atoms with Gasteiger partial charge in [0.05, 0.1) is 24.7 Å². The number of carbonyl (C=O) groups excluding carboxylic acids is 1. The fourth-order valence-electron chi connectivity index (χ4n) is 2.96. The fourth-order valence-corrected chi connectivity index (χ4v) is 2.96. The highest BCUT2D eigenvalue weighted by Gasteiger charge is 2.40. The summed E-state index contributed by atoms with van der Waals surface area (Å²) in [7, 11) is 1.30. The Morgan fingerprint density at radius 1 is 1.13 bits per heavy atom. The predicted octanol–water partition coefficient (Wildman–Crippen LogP) is 4.82. The molecule has 31 heavy (non-hydrogen) atoms. The van der Waals surface area contributed by atoms with Crippen molar-refractivity contribution in [2.24, 2.45) is 0 Å². The second-order valence-corrected chi connectivity index (χ2v) is 6.50. The van der Waals surface area contributed by atoms with E-state index in [2.05, 4.69) is 0 Å². The molecule has 0 atom stereocenters. The third kappa shape index (κ3) is 4.82. The molecule has 0 aliphatic heterocycles. The molecule has 2 aromatic carbocycles. The van der Waals surface area contributed by atoms with Crippen LogP contribution in [-0.2, 0) is 15.7 Å². The Morgan fingerprint density at radius 3 is 2.55 bits per heavy atom. The van der Waals surface area contributed by atoms with Crippen molar-refractivity contribution in [1.82, 2.24) is 0 Å². The van der Waals surface area contributed by atoms with Crippen LogP contribution in [0.25, 0.3) is 22.1 Å². The van der Waals surface area contributed by atoms with Gasteiger partial charge in [-0.3, -0.25) is 4.79 Å². The predicted molar refractivity (Wildman–Crippen MR) is 106 cm³/mol. The first kappa shape index (κ1) is 22.2. The molecule has 0 N–H and O–H groups in total. The fraction of sp³-hybridized carbons (Fsp3) is 0.273. The maximum absolute atomic E-state index is 13.8. The normalized spacial score (nSPS) is 11.4. The zero-order valence-corrected chi connectivity index (χ0v) is 16.7. The van der Waals surface area contributed by atoms with Crippen LogP contribution in [-0.4, -0.2) is 26.3 Å². The number of halogens is 3. The minimum atomic E-state index is -4.94. The smallest absolute Gasteiger partial charge is 0.450 e. The minimum Gasteiger partial charge on any atom is -0.496 e. The second-order valence-electron chi connectivity index (χ2n) is 6.50. The lowest BCUT2D eigenvalue weighted by atomic mass is 10.0. The molecular formula is C22H19F3O6. The van der Waals surface area contributed by atoms with Crippen molar-refractivity contribution in [1.29, 1.82) is 0 Å². The number of methoxy groups -OCH3 is 1. The number of carbonyl (C=O) groups is 1. The van der Waals surface area contributed by atoms with Gasteiger partial charge in [0.25, 0.3) is 0 Å². The van der Waals surface area contributed by atoms with E-state index in [0.717, 1.165) is 6.07 Å². The van der Waals surface area contributed by atoms with Crippen LogP contribution < -0.4 is 14.9 Å². The first-order valence-electron chi connectivity index (χ1n) is 9.36. The summed E-state index contributed by atoms with van der Waals surface area (Å²) in [6, 6.07) is 9.66. The van der Waals surface area contributed by atoms with E-state index in [1.807, 2.05) is 6.92 Å². The molecule has 0 aliphatic carbocycles. The summed E-state index contributed by atoms with van der Waals surface area (Å²) in [6.45, 7) is 1.63. The van der Waals surface area contributed by atoms with Gasteiger partial charge in [0.15, 0.2) is 6.61 Å². The van der Waals surface area contributed by atoms with Gasteiger partial charge in [0.2, 0.25) is 11.2 Å². The highest BCUT2D eigenvalue weighted by atomic mass is 19.4. The van der Waals surface area contributed by atoms with E-state index in [0.29, 0.717) is 6.42 Å². The molecule has 0 saturated carbocycles. The summed E-state index contributed by atoms with van der Waals surface area (Å²) >= 11 is 0. The van der Waals surface area contributed by atoms with Crippen molar-refractivity contribution in [2.45, 2.75) is 19.5 Å². The molecule has 3 rings (SSSR count). The number of alkyl halides is 3. The van der Waals surface area contributed by atoms with E-state index in [-0.39, 0.29) is 34.6 Å². The van der Waals surface area contributed by atoms with Gasteiger partial charge in [-0.2, -0.15) is 13.2 Å². The summed E-state index contributed by atoms with van der Waals surface area (Å²) in [6.07, 6.45) is -4.30. The van der Waals surface area contributed by atoms with Crippen molar-refractivity contribution in [3.05, 3.63) is 58.4 Å². The molecule has 9 heteroatoms. The zero-order valence-electron chi connectivity index (χ0n) is 16.7. The number of fused-ring (bicyclic) bond motifs is 1. The number of rotatable bonds is 7. The van der Waals surface area contributed by atoms with E-state index < -0.39 is 35.5 Å². The molecule has 0 unspecified atom stereocenters. The van der Waals surface area contributed by atoms with Crippen molar-refractivity contribution in [2.75, 3.05) is 20.3 Å². The molecule has 3 aromatic rings. The first-order valence-corrected chi connectivity index (χ1v) is 9.36. The summed E-state index contributed by atoms with van der Waals surface area (Å²) in [5, 5.41) is -0.0742. The van der Waals surface area contributed by atoms with Crippen LogP contribution >= 0.6 is 0 Å². The molecule has 6 nitrogen and oxygen atoms in total. The lowest BCUT2D eigenvalue weighted by Crippen LogP contribution is -2.17. The highest BCUT2D eigenvalue weighted by molar-refractivity contribution is 5.85. The van der Waals surface area contributed by atoms with Gasteiger partial charge in [0.1, 0.15) is 17.1 Å². The first-order chi connectivity index (χ1) is 14.8. The third-order valence-corrected chi connectivity index (χ3v) is 4.32. The van der Waals surface area contributed by atoms with Gasteiger partial charge < -0.3 is 18.6 Å². The van der Waals surface area contributed by atoms with E-state index in [4.69, 9.17) is 18.6 Å². The quantitative estimate of drug-likeness (QED) is 0.495. The van der Waals surface area contributed by atoms with Gasteiger partial charge >= 0.3 is 12.1 Å². The van der Waals surface area contributed by atoms with Crippen LogP contribution in [0.4, 0.5) is 13.2 Å². The average Bonchev–Trinajstić information content (AvgIpc) is 2.75. The maximum atomic E-state index is 13.8. The largest absolute Gasteiger partial charge is 0.496 e. The van der Waals surface area contributed by atoms with Gasteiger partial charge in [-0.15, -0.1) is 0 Å². The van der Waals surface area contributed by atoms with Gasteiger partial charge in [-0.1, -0.05) is 25.1 Å². The Morgan fingerprint density at radius 2 is 1.87 bits per heavy atom. The SMILES string of the molecule is CCCOC(=O)COc1ccc2c(=O)c(-c3ccccc3OC)c(C(F)(F)F)oc2c1. The summed E-state index contributed by atoms with van der Waals surface area (Å²) in [5.74, 6) is -1.91. The van der Waals surface area contributed by atoms with Crippen LogP contribution in [0.3, 0.4) is 0 Å². The molecule has 0 radical (unpaired) electrons. The minimum absolute atomic E-state index is 0.0352. The molecule has 0 fully saturated rings. The van der Waals surface area contributed by atoms with Crippen LogP contribution in [0.1, 0.15) is 19.1 Å². The van der Waals surface area contributed by atoms with E-state index in [9.17, 15) is 22.8 Å². The number of hydrogen-bond acceptors (Lipinski definition) is 6. The van der Waals surface area contributed by atoms with E-state index in [1.54, 1.807) is 6.07 Å². The number of ether oxygens (including phenoxy) is 3. The molecular weight excluding hydrogens is 417 g/mol. The van der Waals surface area contributed by atoms with Crippen LogP contribution in [0.15, 0.2) is 51.7 Å². The van der Waals surface area contributed by atoms with Crippen LogP contribution in [0, 0.1) is 0 Å². The van der Waals surface area contributed by atoms with Gasteiger partial charge in [-0.25, -0.2) is 4.79 Å². The Bertz CT molecular complexity index is 1150. The van der Waals surface area contributed by atoms with Crippen molar-refractivity contribution < 1.29 is 36.6 Å². The summed E-state index contributed by atoms with van der Waals surface area (Å²) in [5.41, 5.74) is -1.87.